The van der Waals surface area contributed by atoms with Crippen molar-refractivity contribution in [3.63, 3.8) is 0 Å². The fourth-order valence-corrected chi connectivity index (χ4v) is 11.1. The number of carbonyl (C=O) groups is 5. The van der Waals surface area contributed by atoms with Gasteiger partial charge in [-0.1, -0.05) is 40.3 Å². The molecule has 7 heterocycles. The number of esters is 1. The lowest BCUT2D eigenvalue weighted by atomic mass is 9.84. The van der Waals surface area contributed by atoms with Gasteiger partial charge in [0.05, 0.1) is 54.6 Å². The van der Waals surface area contributed by atoms with E-state index < -0.39 is 46.9 Å². The van der Waals surface area contributed by atoms with Crippen molar-refractivity contribution in [1.82, 2.24) is 45.0 Å². The monoisotopic (exact) mass is 951 g/mol. The number of nitrogens with zero attached hydrogens (tertiary/aromatic N) is 7. The molecule has 0 saturated carbocycles. The summed E-state index contributed by atoms with van der Waals surface area (Å²) in [6, 6.07) is 7.17. The number of carbonyl (C=O) groups excluding carboxylic acids is 5. The molecule has 4 aliphatic heterocycles. The number of fused-ring (bicyclic) bond motifs is 6. The molecular formula is C50H65N9O8S. The first kappa shape index (κ1) is 48.8. The zero-order valence-electron chi connectivity index (χ0n) is 40.5. The summed E-state index contributed by atoms with van der Waals surface area (Å²) >= 11 is 1.40. The smallest absolute Gasteiger partial charge is 0.324 e. The number of aryl methyl sites for hydroxylation is 1. The van der Waals surface area contributed by atoms with E-state index in [1.54, 1.807) is 30.2 Å². The minimum atomic E-state index is -1.10. The predicted molar refractivity (Wildman–Crippen MR) is 258 cm³/mol. The number of benzene rings is 1. The van der Waals surface area contributed by atoms with Gasteiger partial charge in [0, 0.05) is 85.8 Å². The molecule has 0 unspecified atom stereocenters. The van der Waals surface area contributed by atoms with Crippen LogP contribution in [0.3, 0.4) is 0 Å². The number of nitrogens with one attached hydrogen (secondary N) is 2. The van der Waals surface area contributed by atoms with Gasteiger partial charge < -0.3 is 38.8 Å². The second kappa shape index (κ2) is 19.7. The Bertz CT molecular complexity index is 2580. The highest BCUT2D eigenvalue weighted by Gasteiger charge is 2.51. The average Bonchev–Trinajstić information content (AvgIpc) is 3.92. The van der Waals surface area contributed by atoms with Crippen LogP contribution in [0.15, 0.2) is 54.6 Å². The molecule has 68 heavy (non-hydrogen) atoms. The molecule has 0 radical (unpaired) electrons. The molecule has 0 aliphatic carbocycles. The number of ether oxygens (including phenoxy) is 3. The van der Waals surface area contributed by atoms with Crippen LogP contribution in [0.1, 0.15) is 76.8 Å². The molecule has 2 N–H and O–H groups in total. The second-order valence-corrected chi connectivity index (χ2v) is 20.6. The van der Waals surface area contributed by atoms with Crippen LogP contribution in [0.25, 0.3) is 33.4 Å². The van der Waals surface area contributed by atoms with Crippen molar-refractivity contribution in [2.24, 2.45) is 11.3 Å². The SMILES string of the molecule is C=CC(=O)N1CCN(C(=O)N(C)[C@H](C(=O)N[C@H]2Cc3nc(cs3)-c3ccc4c(c3)c(c(-c3cccnc3[C@H](C)OC)n4CC)CC(C)(C)COC(=O)[C@@H]3CCCN(N3)C2=O)C(C)C)CC12COC2. The zero-order chi connectivity index (χ0) is 48.7. The summed E-state index contributed by atoms with van der Waals surface area (Å²) in [6.07, 6.45) is 4.42. The van der Waals surface area contributed by atoms with E-state index in [4.69, 9.17) is 24.2 Å². The molecule has 4 aromatic rings. The van der Waals surface area contributed by atoms with Crippen molar-refractivity contribution < 1.29 is 38.2 Å². The number of hydrazine groups is 1. The Morgan fingerprint density at radius 3 is 2.59 bits per heavy atom. The summed E-state index contributed by atoms with van der Waals surface area (Å²) in [4.78, 5) is 84.9. The molecule has 1 spiro atoms. The van der Waals surface area contributed by atoms with Crippen LogP contribution < -0.4 is 10.7 Å². The minimum absolute atomic E-state index is 0.0618. The first-order valence-electron chi connectivity index (χ1n) is 23.7. The molecule has 3 fully saturated rings. The third-order valence-corrected chi connectivity index (χ3v) is 14.7. The van der Waals surface area contributed by atoms with Crippen LogP contribution in [-0.2, 0) is 52.8 Å². The molecular weight excluding hydrogens is 887 g/mol. The quantitative estimate of drug-likeness (QED) is 0.163. The Morgan fingerprint density at radius 1 is 1.12 bits per heavy atom. The number of rotatable bonds is 9. The van der Waals surface area contributed by atoms with Gasteiger partial charge in [0.2, 0.25) is 11.8 Å². The summed E-state index contributed by atoms with van der Waals surface area (Å²) < 4.78 is 19.8. The van der Waals surface area contributed by atoms with Crippen LogP contribution in [-0.4, -0.2) is 148 Å². The number of thiazole rings is 1. The normalized spacial score (nSPS) is 21.5. The van der Waals surface area contributed by atoms with E-state index in [9.17, 15) is 24.0 Å². The summed E-state index contributed by atoms with van der Waals surface area (Å²) in [5.74, 6) is -1.96. The van der Waals surface area contributed by atoms with Crippen molar-refractivity contribution in [2.75, 3.05) is 60.2 Å². The Labute approximate surface area is 402 Å². The van der Waals surface area contributed by atoms with Crippen LogP contribution in [0.4, 0.5) is 4.79 Å². The Morgan fingerprint density at radius 2 is 1.90 bits per heavy atom. The number of urea groups is 1. The zero-order valence-corrected chi connectivity index (χ0v) is 41.3. The van der Waals surface area contributed by atoms with Gasteiger partial charge in [0.25, 0.3) is 5.91 Å². The lowest BCUT2D eigenvalue weighted by molar-refractivity contribution is -0.176. The van der Waals surface area contributed by atoms with Crippen molar-refractivity contribution in [1.29, 1.82) is 0 Å². The number of aromatic nitrogens is 3. The highest BCUT2D eigenvalue weighted by molar-refractivity contribution is 7.10. The Hall–Kier alpha value is -5.69. The molecule has 3 aromatic heterocycles. The molecule has 3 saturated heterocycles. The van der Waals surface area contributed by atoms with Crippen molar-refractivity contribution in [3.05, 3.63) is 70.8 Å². The van der Waals surface area contributed by atoms with Gasteiger partial charge >= 0.3 is 12.0 Å². The molecule has 17 nitrogen and oxygen atoms in total. The first-order valence-corrected chi connectivity index (χ1v) is 24.5. The highest BCUT2D eigenvalue weighted by atomic mass is 32.1. The van der Waals surface area contributed by atoms with Gasteiger partial charge in [-0.2, -0.15) is 0 Å². The highest BCUT2D eigenvalue weighted by Crippen LogP contribution is 2.42. The largest absolute Gasteiger partial charge is 0.464 e. The summed E-state index contributed by atoms with van der Waals surface area (Å²) in [5, 5.41) is 8.09. The van der Waals surface area contributed by atoms with Crippen LogP contribution >= 0.6 is 11.3 Å². The third-order valence-electron chi connectivity index (χ3n) is 13.9. The maximum absolute atomic E-state index is 14.7. The molecule has 1 aromatic carbocycles. The third kappa shape index (κ3) is 9.39. The number of likely N-dealkylation sites (N-methyl/N-ethyl adjacent to an activating group) is 1. The van der Waals surface area contributed by atoms with Gasteiger partial charge in [-0.05, 0) is 74.9 Å². The van der Waals surface area contributed by atoms with E-state index in [0.717, 1.165) is 44.7 Å². The van der Waals surface area contributed by atoms with Crippen LogP contribution in [0.5, 0.6) is 0 Å². The topological polar surface area (TPSA) is 181 Å². The lowest BCUT2D eigenvalue weighted by Crippen LogP contribution is -2.74. The standard InChI is InChI=1S/C50H65N9O8S/c1-10-41(60)58-21-20-56(26-50(58)28-66-29-50)48(64)55(8)43(30(3)4)45(61)53-37-23-40-52-38(25-68-40)32-16-17-39-34(22-32)35(44(57(39)11-2)33-14-12-18-51-42(33)31(5)65-9)24-49(6,7)27-67-47(63)36-15-13-19-59(54-36)46(37)62/h10,12,14,16-18,22,25,30-31,36-37,43,54H,1,11,13,15,19-21,23-24,26-29H2,2-9H3,(H,53,61)/t31-,36-,37-,43-/m0/s1. The predicted octanol–water partition coefficient (Wildman–Crippen LogP) is 5.38. The Balaban J connectivity index is 1.14. The Kier molecular flexibility index (Phi) is 14.1. The van der Waals surface area contributed by atoms with Gasteiger partial charge in [-0.15, -0.1) is 11.3 Å². The van der Waals surface area contributed by atoms with E-state index in [1.165, 1.54) is 27.3 Å². The number of piperazine rings is 1. The van der Waals surface area contributed by atoms with Crippen LogP contribution in [0, 0.1) is 11.3 Å². The molecule has 8 rings (SSSR count). The van der Waals surface area contributed by atoms with Crippen LogP contribution in [0.2, 0.25) is 0 Å². The van der Waals surface area contributed by atoms with Crippen molar-refractivity contribution in [3.8, 4) is 22.5 Å². The number of pyridine rings is 1. The van der Waals surface area contributed by atoms with Crippen molar-refractivity contribution >= 4 is 52.0 Å². The molecule has 5 amide bonds. The second-order valence-electron chi connectivity index (χ2n) is 19.7. The average molecular weight is 952 g/mol. The maximum atomic E-state index is 14.7. The number of cyclic esters (lactones) is 1. The fraction of sp³-hybridized carbons (Fsp3) is 0.540. The summed E-state index contributed by atoms with van der Waals surface area (Å²) in [6.45, 7) is 18.2. The number of hydrogen-bond donors (Lipinski definition) is 2. The maximum Gasteiger partial charge on any atom is 0.324 e. The van der Waals surface area contributed by atoms with Gasteiger partial charge in [0.1, 0.15) is 23.7 Å². The lowest BCUT2D eigenvalue weighted by Gasteiger charge is -2.55. The summed E-state index contributed by atoms with van der Waals surface area (Å²) in [7, 11) is 3.28. The molecule has 4 aliphatic rings. The molecule has 18 heteroatoms. The van der Waals surface area contributed by atoms with E-state index in [2.05, 4.69) is 66.9 Å². The van der Waals surface area contributed by atoms with E-state index in [1.807, 2.05) is 32.2 Å². The van der Waals surface area contributed by atoms with E-state index in [-0.39, 0.29) is 50.1 Å². The minimum Gasteiger partial charge on any atom is -0.464 e. The summed E-state index contributed by atoms with van der Waals surface area (Å²) in [5.41, 5.74) is 8.56. The van der Waals surface area contributed by atoms with Gasteiger partial charge in [-0.3, -0.25) is 29.2 Å². The van der Waals surface area contributed by atoms with Gasteiger partial charge in [-0.25, -0.2) is 15.2 Å². The first-order chi connectivity index (χ1) is 32.5. The molecule has 4 atom stereocenters. The molecule has 6 bridgehead atoms. The van der Waals surface area contributed by atoms with Gasteiger partial charge in [0.15, 0.2) is 0 Å². The fourth-order valence-electron chi connectivity index (χ4n) is 10.3. The van der Waals surface area contributed by atoms with E-state index in [0.29, 0.717) is 57.1 Å². The number of amides is 5. The van der Waals surface area contributed by atoms with E-state index >= 15 is 0 Å². The number of methoxy groups -OCH3 is 1. The molecule has 364 valence electrons. The van der Waals surface area contributed by atoms with Crippen molar-refractivity contribution in [2.45, 2.75) is 104 Å². The number of hydrogen-bond acceptors (Lipinski definition) is 12.